The number of nitrogens with zero attached hydrogens (tertiary/aromatic N) is 3. The maximum atomic E-state index is 13.6. The predicted octanol–water partition coefficient (Wildman–Crippen LogP) is 5.72. The van der Waals surface area contributed by atoms with Crippen molar-refractivity contribution in [2.45, 2.75) is 46.1 Å². The number of carbonyl (C=O) groups excluding carboxylic acids is 1. The first-order valence-corrected chi connectivity index (χ1v) is 12.0. The molecule has 1 aliphatic heterocycles. The number of aromatic nitrogens is 2. The van der Waals surface area contributed by atoms with Crippen molar-refractivity contribution >= 4 is 33.3 Å². The molecule has 1 atom stereocenters. The predicted molar refractivity (Wildman–Crippen MR) is 130 cm³/mol. The molecule has 6 nitrogen and oxygen atoms in total. The van der Waals surface area contributed by atoms with E-state index in [1.165, 1.54) is 16.9 Å². The number of hydrogen-bond acceptors (Lipinski definition) is 6. The van der Waals surface area contributed by atoms with E-state index in [2.05, 4.69) is 37.9 Å². The Hall–Kier alpha value is -3.32. The first-order valence-electron chi connectivity index (χ1n) is 11.2. The third-order valence-electron chi connectivity index (χ3n) is 5.94. The molecule has 4 aromatic rings. The van der Waals surface area contributed by atoms with Crippen LogP contribution in [0, 0.1) is 5.92 Å². The van der Waals surface area contributed by atoms with E-state index in [4.69, 9.17) is 4.42 Å². The second-order valence-electron chi connectivity index (χ2n) is 9.15. The van der Waals surface area contributed by atoms with Gasteiger partial charge < -0.3 is 4.42 Å². The Morgan fingerprint density at radius 3 is 2.42 bits per heavy atom. The summed E-state index contributed by atoms with van der Waals surface area (Å²) in [6, 6.07) is 14.5. The van der Waals surface area contributed by atoms with Crippen molar-refractivity contribution in [3.63, 3.8) is 0 Å². The fourth-order valence-electron chi connectivity index (χ4n) is 4.27. The van der Waals surface area contributed by atoms with Gasteiger partial charge in [0.15, 0.2) is 5.43 Å². The van der Waals surface area contributed by atoms with Crippen molar-refractivity contribution in [3.8, 4) is 0 Å². The Labute approximate surface area is 195 Å². The number of amides is 1. The first-order chi connectivity index (χ1) is 15.8. The van der Waals surface area contributed by atoms with Crippen LogP contribution < -0.4 is 10.3 Å². The standard InChI is InChI=1S/C26H25N3O3S/c1-14(2)13-20-27-28-26(33-20)29-22(17-11-9-16(10-12-17)15(3)4)21-23(30)18-7-5-6-8-19(18)32-24(21)25(29)31/h5-12,14-15,22H,13H2,1-4H3/t22-/m1/s1. The number of anilines is 1. The van der Waals surface area contributed by atoms with E-state index in [9.17, 15) is 9.59 Å². The molecule has 5 rings (SSSR count). The van der Waals surface area contributed by atoms with Crippen LogP contribution in [0.4, 0.5) is 5.13 Å². The molecule has 0 spiro atoms. The zero-order valence-electron chi connectivity index (χ0n) is 19.0. The highest BCUT2D eigenvalue weighted by Crippen LogP contribution is 2.42. The molecule has 33 heavy (non-hydrogen) atoms. The van der Waals surface area contributed by atoms with E-state index in [0.29, 0.717) is 33.5 Å². The maximum Gasteiger partial charge on any atom is 0.297 e. The van der Waals surface area contributed by atoms with E-state index < -0.39 is 6.04 Å². The van der Waals surface area contributed by atoms with Gasteiger partial charge in [0, 0.05) is 6.42 Å². The number of hydrogen-bond donors (Lipinski definition) is 0. The molecule has 0 N–H and O–H groups in total. The lowest BCUT2D eigenvalue weighted by Gasteiger charge is -2.22. The normalized spacial score (nSPS) is 15.8. The Morgan fingerprint density at radius 2 is 1.73 bits per heavy atom. The minimum absolute atomic E-state index is 0.0808. The van der Waals surface area contributed by atoms with E-state index in [-0.39, 0.29) is 17.1 Å². The molecule has 2 aromatic carbocycles. The summed E-state index contributed by atoms with van der Waals surface area (Å²) in [6.45, 7) is 8.50. The summed E-state index contributed by atoms with van der Waals surface area (Å²) in [5.41, 5.74) is 2.61. The minimum atomic E-state index is -0.616. The topological polar surface area (TPSA) is 76.3 Å². The van der Waals surface area contributed by atoms with Crippen molar-refractivity contribution < 1.29 is 9.21 Å². The Bertz CT molecular complexity index is 1400. The minimum Gasteiger partial charge on any atom is -0.450 e. The van der Waals surface area contributed by atoms with Gasteiger partial charge in [0.05, 0.1) is 17.0 Å². The molecule has 0 aliphatic carbocycles. The van der Waals surface area contributed by atoms with Crippen LogP contribution in [0.5, 0.6) is 0 Å². The highest BCUT2D eigenvalue weighted by molar-refractivity contribution is 7.15. The van der Waals surface area contributed by atoms with Crippen LogP contribution in [0.2, 0.25) is 0 Å². The molecule has 1 amide bonds. The van der Waals surface area contributed by atoms with Crippen LogP contribution in [0.25, 0.3) is 11.0 Å². The fraction of sp³-hybridized carbons (Fsp3) is 0.308. The molecule has 1 aliphatic rings. The summed E-state index contributed by atoms with van der Waals surface area (Å²) in [5, 5.41) is 10.4. The van der Waals surface area contributed by atoms with Gasteiger partial charge in [-0.2, -0.15) is 0 Å². The van der Waals surface area contributed by atoms with Gasteiger partial charge in [0.1, 0.15) is 10.6 Å². The number of rotatable bonds is 5. The lowest BCUT2D eigenvalue weighted by atomic mass is 9.95. The largest absolute Gasteiger partial charge is 0.450 e. The average Bonchev–Trinajstić information content (AvgIpc) is 3.36. The first kappa shape index (κ1) is 21.5. The third kappa shape index (κ3) is 3.66. The highest BCUT2D eigenvalue weighted by Gasteiger charge is 2.45. The zero-order chi connectivity index (χ0) is 23.3. The van der Waals surface area contributed by atoms with Crippen molar-refractivity contribution in [1.82, 2.24) is 10.2 Å². The molecule has 7 heteroatoms. The lowest BCUT2D eigenvalue weighted by Crippen LogP contribution is -2.29. The number of fused-ring (bicyclic) bond motifs is 2. The molecule has 0 radical (unpaired) electrons. The van der Waals surface area contributed by atoms with Crippen LogP contribution in [-0.2, 0) is 6.42 Å². The van der Waals surface area contributed by atoms with Crippen molar-refractivity contribution in [1.29, 1.82) is 0 Å². The van der Waals surface area contributed by atoms with Gasteiger partial charge in [-0.25, -0.2) is 0 Å². The lowest BCUT2D eigenvalue weighted by molar-refractivity contribution is 0.0970. The van der Waals surface area contributed by atoms with E-state index in [1.807, 2.05) is 24.3 Å². The van der Waals surface area contributed by atoms with E-state index in [0.717, 1.165) is 17.0 Å². The Morgan fingerprint density at radius 1 is 1.00 bits per heavy atom. The van der Waals surface area contributed by atoms with Crippen molar-refractivity contribution in [3.05, 3.63) is 86.2 Å². The highest BCUT2D eigenvalue weighted by atomic mass is 32.1. The van der Waals surface area contributed by atoms with Crippen LogP contribution >= 0.6 is 11.3 Å². The monoisotopic (exact) mass is 459 g/mol. The summed E-state index contributed by atoms with van der Waals surface area (Å²) in [4.78, 5) is 28.8. The van der Waals surface area contributed by atoms with Gasteiger partial charge in [-0.15, -0.1) is 10.2 Å². The smallest absolute Gasteiger partial charge is 0.297 e. The number of para-hydroxylation sites is 1. The molecule has 0 bridgehead atoms. The summed E-state index contributed by atoms with van der Waals surface area (Å²) in [7, 11) is 0. The Kier molecular flexibility index (Phi) is 5.37. The summed E-state index contributed by atoms with van der Waals surface area (Å²) < 4.78 is 6.00. The van der Waals surface area contributed by atoms with Gasteiger partial charge in [-0.1, -0.05) is 75.4 Å². The van der Waals surface area contributed by atoms with Crippen LogP contribution in [0.3, 0.4) is 0 Å². The second kappa shape index (κ2) is 8.23. The molecule has 3 heterocycles. The van der Waals surface area contributed by atoms with Gasteiger partial charge in [0.2, 0.25) is 10.9 Å². The van der Waals surface area contributed by atoms with Gasteiger partial charge in [0.25, 0.3) is 5.91 Å². The van der Waals surface area contributed by atoms with Crippen LogP contribution in [-0.4, -0.2) is 16.1 Å². The molecular formula is C26H25N3O3S. The SMILES string of the molecule is CC(C)Cc1nnc(N2C(=O)c3oc4ccccc4c(=O)c3[C@H]2c2ccc(C(C)C)cc2)s1. The maximum absolute atomic E-state index is 13.6. The summed E-state index contributed by atoms with van der Waals surface area (Å²) in [5.74, 6) is 0.517. The summed E-state index contributed by atoms with van der Waals surface area (Å²) in [6.07, 6.45) is 0.779. The molecule has 168 valence electrons. The van der Waals surface area contributed by atoms with E-state index >= 15 is 0 Å². The van der Waals surface area contributed by atoms with Gasteiger partial charge in [-0.3, -0.25) is 14.5 Å². The van der Waals surface area contributed by atoms with Gasteiger partial charge >= 0.3 is 0 Å². The van der Waals surface area contributed by atoms with E-state index in [1.54, 1.807) is 29.2 Å². The second-order valence-corrected chi connectivity index (χ2v) is 10.2. The molecule has 0 saturated carbocycles. The molecular weight excluding hydrogens is 434 g/mol. The van der Waals surface area contributed by atoms with Gasteiger partial charge in [-0.05, 0) is 35.1 Å². The third-order valence-corrected chi connectivity index (χ3v) is 6.89. The number of benzene rings is 2. The van der Waals surface area contributed by atoms with Crippen molar-refractivity contribution in [2.75, 3.05) is 4.90 Å². The zero-order valence-corrected chi connectivity index (χ0v) is 19.8. The molecule has 0 fully saturated rings. The quantitative estimate of drug-likeness (QED) is 0.382. The van der Waals surface area contributed by atoms with Crippen molar-refractivity contribution in [2.24, 2.45) is 5.92 Å². The van der Waals surface area contributed by atoms with Crippen LogP contribution in [0.15, 0.2) is 57.7 Å². The Balaban J connectivity index is 1.71. The van der Waals surface area contributed by atoms with Crippen LogP contribution in [0.1, 0.15) is 71.9 Å². The summed E-state index contributed by atoms with van der Waals surface area (Å²) >= 11 is 1.39. The average molecular weight is 460 g/mol. The molecule has 2 aromatic heterocycles. The fourth-order valence-corrected chi connectivity index (χ4v) is 5.35. The molecule has 0 unspecified atom stereocenters. The number of carbonyl (C=O) groups is 1. The molecule has 0 saturated heterocycles.